The summed E-state index contributed by atoms with van der Waals surface area (Å²) in [4.78, 5) is 23.0. The van der Waals surface area contributed by atoms with Crippen LogP contribution in [0.4, 0.5) is 5.95 Å². The number of ether oxygens (including phenoxy) is 2. The Kier molecular flexibility index (Phi) is 6.65. The molecular formula is C23H27BrN4O3. The lowest BCUT2D eigenvalue weighted by atomic mass is 9.97. The first-order valence-electron chi connectivity index (χ1n) is 10.5. The summed E-state index contributed by atoms with van der Waals surface area (Å²) in [6.07, 6.45) is 2.60. The molecule has 0 aliphatic carbocycles. The van der Waals surface area contributed by atoms with Gasteiger partial charge in [-0.05, 0) is 55.2 Å². The molecular weight excluding hydrogens is 460 g/mol. The fourth-order valence-electron chi connectivity index (χ4n) is 4.01. The molecule has 1 amide bonds. The highest BCUT2D eigenvalue weighted by molar-refractivity contribution is 9.10. The second kappa shape index (κ2) is 9.60. The number of hydrogen-bond donors (Lipinski definition) is 2. The van der Waals surface area contributed by atoms with Crippen LogP contribution in [0, 0.1) is 5.92 Å². The SMILES string of the molecule is COc1ccc(CCNC(=O)[C@@H]2CCCN(c3nc4ccc(Br)cc4[nH]3)C2)cc1OC. The Morgan fingerprint density at radius 2 is 2.06 bits per heavy atom. The van der Waals surface area contributed by atoms with Crippen LogP contribution in [0.15, 0.2) is 40.9 Å². The number of aromatic nitrogens is 2. The third-order valence-electron chi connectivity index (χ3n) is 5.68. The first kappa shape index (κ1) is 21.5. The lowest BCUT2D eigenvalue weighted by Gasteiger charge is -2.31. The van der Waals surface area contributed by atoms with Crippen LogP contribution in [-0.2, 0) is 11.2 Å². The number of aromatic amines is 1. The number of benzene rings is 2. The summed E-state index contributed by atoms with van der Waals surface area (Å²) in [5, 5.41) is 3.10. The highest BCUT2D eigenvalue weighted by Gasteiger charge is 2.27. The normalized spacial score (nSPS) is 16.4. The van der Waals surface area contributed by atoms with Crippen molar-refractivity contribution in [3.05, 3.63) is 46.4 Å². The Morgan fingerprint density at radius 3 is 2.87 bits per heavy atom. The van der Waals surface area contributed by atoms with Crippen LogP contribution in [0.3, 0.4) is 0 Å². The largest absolute Gasteiger partial charge is 0.493 e. The zero-order valence-electron chi connectivity index (χ0n) is 17.8. The van der Waals surface area contributed by atoms with E-state index in [1.54, 1.807) is 14.2 Å². The van der Waals surface area contributed by atoms with Crippen molar-refractivity contribution in [3.8, 4) is 11.5 Å². The molecule has 1 aromatic heterocycles. The highest BCUT2D eigenvalue weighted by Crippen LogP contribution is 2.28. The Balaban J connectivity index is 1.33. The van der Waals surface area contributed by atoms with E-state index in [9.17, 15) is 4.79 Å². The first-order chi connectivity index (χ1) is 15.1. The van der Waals surface area contributed by atoms with Gasteiger partial charge in [0.05, 0.1) is 31.2 Å². The number of nitrogens with zero attached hydrogens (tertiary/aromatic N) is 2. The molecule has 7 nitrogen and oxygen atoms in total. The fourth-order valence-corrected chi connectivity index (χ4v) is 4.37. The smallest absolute Gasteiger partial charge is 0.224 e. The minimum absolute atomic E-state index is 0.0425. The first-order valence-corrected chi connectivity index (χ1v) is 11.3. The summed E-state index contributed by atoms with van der Waals surface area (Å²) in [6, 6.07) is 11.8. The molecule has 3 aromatic rings. The van der Waals surface area contributed by atoms with Crippen molar-refractivity contribution < 1.29 is 14.3 Å². The molecule has 8 heteroatoms. The van der Waals surface area contributed by atoms with E-state index in [4.69, 9.17) is 14.5 Å². The van der Waals surface area contributed by atoms with Gasteiger partial charge in [-0.2, -0.15) is 0 Å². The zero-order chi connectivity index (χ0) is 21.8. The Labute approximate surface area is 190 Å². The minimum atomic E-state index is -0.0425. The Bertz CT molecular complexity index is 1070. The molecule has 0 radical (unpaired) electrons. The number of amides is 1. The molecule has 164 valence electrons. The maximum Gasteiger partial charge on any atom is 0.224 e. The summed E-state index contributed by atoms with van der Waals surface area (Å²) >= 11 is 3.49. The summed E-state index contributed by atoms with van der Waals surface area (Å²) in [6.45, 7) is 2.16. The lowest BCUT2D eigenvalue weighted by Crippen LogP contribution is -2.43. The zero-order valence-corrected chi connectivity index (χ0v) is 19.4. The Morgan fingerprint density at radius 1 is 1.23 bits per heavy atom. The van der Waals surface area contributed by atoms with E-state index in [0.29, 0.717) is 24.6 Å². The van der Waals surface area contributed by atoms with Crippen LogP contribution in [0.25, 0.3) is 11.0 Å². The molecule has 2 heterocycles. The minimum Gasteiger partial charge on any atom is -0.493 e. The van der Waals surface area contributed by atoms with E-state index < -0.39 is 0 Å². The lowest BCUT2D eigenvalue weighted by molar-refractivity contribution is -0.125. The van der Waals surface area contributed by atoms with E-state index in [2.05, 4.69) is 31.1 Å². The number of hydrogen-bond acceptors (Lipinski definition) is 5. The number of H-pyrrole nitrogens is 1. The van der Waals surface area contributed by atoms with E-state index in [1.165, 1.54) is 0 Å². The summed E-state index contributed by atoms with van der Waals surface area (Å²) in [7, 11) is 3.24. The van der Waals surface area contributed by atoms with Gasteiger partial charge in [-0.15, -0.1) is 0 Å². The van der Waals surface area contributed by atoms with E-state index >= 15 is 0 Å². The molecule has 1 fully saturated rings. The number of fused-ring (bicyclic) bond motifs is 1. The average Bonchev–Trinajstić information content (AvgIpc) is 3.22. The van der Waals surface area contributed by atoms with Gasteiger partial charge in [0.2, 0.25) is 11.9 Å². The van der Waals surface area contributed by atoms with Crippen molar-refractivity contribution in [1.82, 2.24) is 15.3 Å². The van der Waals surface area contributed by atoms with Crippen LogP contribution < -0.4 is 19.7 Å². The molecule has 0 saturated carbocycles. The van der Waals surface area contributed by atoms with Gasteiger partial charge in [0.15, 0.2) is 11.5 Å². The van der Waals surface area contributed by atoms with Crippen molar-refractivity contribution in [1.29, 1.82) is 0 Å². The number of methoxy groups -OCH3 is 2. The van der Waals surface area contributed by atoms with E-state index in [-0.39, 0.29) is 11.8 Å². The highest BCUT2D eigenvalue weighted by atomic mass is 79.9. The van der Waals surface area contributed by atoms with Crippen molar-refractivity contribution in [2.75, 3.05) is 38.8 Å². The maximum absolute atomic E-state index is 12.8. The van der Waals surface area contributed by atoms with Gasteiger partial charge in [-0.25, -0.2) is 4.98 Å². The molecule has 2 N–H and O–H groups in total. The molecule has 4 rings (SSSR count). The molecule has 0 unspecified atom stereocenters. The topological polar surface area (TPSA) is 79.5 Å². The number of halogens is 1. The predicted molar refractivity (Wildman–Crippen MR) is 125 cm³/mol. The summed E-state index contributed by atoms with van der Waals surface area (Å²) < 4.78 is 11.6. The van der Waals surface area contributed by atoms with Crippen LogP contribution in [0.5, 0.6) is 11.5 Å². The molecule has 1 saturated heterocycles. The standard InChI is InChI=1S/C23H27BrN4O3/c1-30-20-8-5-15(12-21(20)31-2)9-10-25-22(29)16-4-3-11-28(14-16)23-26-18-7-6-17(24)13-19(18)27-23/h5-8,12-13,16H,3-4,9-11,14H2,1-2H3,(H,25,29)(H,26,27)/t16-/m1/s1. The number of rotatable bonds is 7. The van der Waals surface area contributed by atoms with E-state index in [1.807, 2.05) is 36.4 Å². The molecule has 1 aliphatic rings. The van der Waals surface area contributed by atoms with Gasteiger partial charge < -0.3 is 24.7 Å². The molecule has 1 aliphatic heterocycles. The third-order valence-corrected chi connectivity index (χ3v) is 6.18. The summed E-state index contributed by atoms with van der Waals surface area (Å²) in [5.74, 6) is 2.29. The second-order valence-electron chi connectivity index (χ2n) is 7.74. The van der Waals surface area contributed by atoms with E-state index in [0.717, 1.165) is 52.8 Å². The number of anilines is 1. The predicted octanol–water partition coefficient (Wildman–Crippen LogP) is 3.92. The third kappa shape index (κ3) is 4.95. The van der Waals surface area contributed by atoms with Gasteiger partial charge in [0.1, 0.15) is 0 Å². The van der Waals surface area contributed by atoms with Crippen molar-refractivity contribution in [2.45, 2.75) is 19.3 Å². The number of piperidine rings is 1. The quantitative estimate of drug-likeness (QED) is 0.528. The number of carbonyl (C=O) groups excluding carboxylic acids is 1. The molecule has 1 atom stereocenters. The van der Waals surface area contributed by atoms with Gasteiger partial charge in [-0.3, -0.25) is 4.79 Å². The van der Waals surface area contributed by atoms with Crippen LogP contribution >= 0.6 is 15.9 Å². The van der Waals surface area contributed by atoms with Gasteiger partial charge in [0.25, 0.3) is 0 Å². The number of carbonyl (C=O) groups is 1. The molecule has 31 heavy (non-hydrogen) atoms. The van der Waals surface area contributed by atoms with Crippen LogP contribution in [0.1, 0.15) is 18.4 Å². The van der Waals surface area contributed by atoms with Gasteiger partial charge in [-0.1, -0.05) is 22.0 Å². The average molecular weight is 487 g/mol. The monoisotopic (exact) mass is 486 g/mol. The molecule has 2 aromatic carbocycles. The molecule has 0 bridgehead atoms. The van der Waals surface area contributed by atoms with Crippen molar-refractivity contribution in [3.63, 3.8) is 0 Å². The maximum atomic E-state index is 12.8. The Hall–Kier alpha value is -2.74. The van der Waals surface area contributed by atoms with Crippen molar-refractivity contribution in [2.24, 2.45) is 5.92 Å². The fraction of sp³-hybridized carbons (Fsp3) is 0.391. The number of imidazole rings is 1. The summed E-state index contributed by atoms with van der Waals surface area (Å²) in [5.41, 5.74) is 3.02. The van der Waals surface area contributed by atoms with Gasteiger partial charge >= 0.3 is 0 Å². The van der Waals surface area contributed by atoms with Crippen LogP contribution in [-0.4, -0.2) is 49.7 Å². The van der Waals surface area contributed by atoms with Gasteiger partial charge in [0, 0.05) is 24.1 Å². The second-order valence-corrected chi connectivity index (χ2v) is 8.65. The van der Waals surface area contributed by atoms with Crippen LogP contribution in [0.2, 0.25) is 0 Å². The number of nitrogens with one attached hydrogen (secondary N) is 2. The molecule has 0 spiro atoms. The van der Waals surface area contributed by atoms with Crippen molar-refractivity contribution >= 4 is 38.8 Å².